The van der Waals surface area contributed by atoms with Crippen molar-refractivity contribution in [1.29, 1.82) is 0 Å². The maximum Gasteiger partial charge on any atom is 0.0719 e. The summed E-state index contributed by atoms with van der Waals surface area (Å²) in [6.07, 6.45) is 9.94. The van der Waals surface area contributed by atoms with Gasteiger partial charge >= 0.3 is 0 Å². The molecule has 2 heterocycles. The van der Waals surface area contributed by atoms with Crippen LogP contribution in [0, 0.1) is 0 Å². The van der Waals surface area contributed by atoms with E-state index < -0.39 is 0 Å². The van der Waals surface area contributed by atoms with Gasteiger partial charge in [-0.2, -0.15) is 0 Å². The zero-order valence-corrected chi connectivity index (χ0v) is 23.9. The molecule has 4 aromatic rings. The normalized spacial score (nSPS) is 31.8. The summed E-state index contributed by atoms with van der Waals surface area (Å²) in [5.74, 6) is 0. The van der Waals surface area contributed by atoms with Crippen molar-refractivity contribution in [3.05, 3.63) is 119 Å². The molecule has 4 atom stereocenters. The van der Waals surface area contributed by atoms with Crippen LogP contribution in [0.3, 0.4) is 0 Å². The molecule has 0 amide bonds. The second-order valence-corrected chi connectivity index (χ2v) is 13.4. The van der Waals surface area contributed by atoms with E-state index in [9.17, 15) is 0 Å². The first kappa shape index (κ1) is 24.3. The summed E-state index contributed by atoms with van der Waals surface area (Å²) in [7, 11) is 0. The fourth-order valence-corrected chi connectivity index (χ4v) is 9.40. The first-order valence-electron chi connectivity index (χ1n) is 15.5. The lowest BCUT2D eigenvalue weighted by Gasteiger charge is -2.48. The molecule has 8 rings (SSSR count). The number of fused-ring (bicyclic) bond motifs is 6. The molecule has 0 aromatic heterocycles. The fourth-order valence-electron chi connectivity index (χ4n) is 9.40. The second kappa shape index (κ2) is 8.49. The van der Waals surface area contributed by atoms with Gasteiger partial charge in [0.15, 0.2) is 0 Å². The summed E-state index contributed by atoms with van der Waals surface area (Å²) in [6, 6.07) is 36.9. The highest BCUT2D eigenvalue weighted by molar-refractivity contribution is 5.78. The SMILES string of the molecule is C[C@@]12CCCC[C@]1(c1ccccc1)Nc1ccc(-c3ccc4c(c3)[C@]3(C)CCCC[C@]3(c3ccccc3)N4)cc12. The van der Waals surface area contributed by atoms with E-state index in [1.807, 2.05) is 0 Å². The van der Waals surface area contributed by atoms with Crippen LogP contribution < -0.4 is 10.6 Å². The molecule has 2 nitrogen and oxygen atoms in total. The Morgan fingerprint density at radius 1 is 0.475 bits per heavy atom. The third kappa shape index (κ3) is 3.05. The highest BCUT2D eigenvalue weighted by Crippen LogP contribution is 2.62. The van der Waals surface area contributed by atoms with Gasteiger partial charge in [0.1, 0.15) is 0 Å². The van der Waals surface area contributed by atoms with Gasteiger partial charge in [-0.1, -0.05) is 112 Å². The molecule has 0 saturated heterocycles. The first-order valence-corrected chi connectivity index (χ1v) is 15.5. The molecule has 0 radical (unpaired) electrons. The number of rotatable bonds is 3. The molecular weight excluding hydrogens is 484 g/mol. The molecule has 2 fully saturated rings. The summed E-state index contributed by atoms with van der Waals surface area (Å²) in [5.41, 5.74) is 11.3. The zero-order valence-electron chi connectivity index (χ0n) is 23.9. The minimum atomic E-state index is -0.0276. The number of anilines is 2. The van der Waals surface area contributed by atoms with Crippen molar-refractivity contribution in [2.45, 2.75) is 87.1 Å². The van der Waals surface area contributed by atoms with Crippen LogP contribution >= 0.6 is 0 Å². The third-order valence-electron chi connectivity index (χ3n) is 11.6. The summed E-state index contributed by atoms with van der Waals surface area (Å²) in [5, 5.41) is 8.17. The Bertz CT molecular complexity index is 1470. The Morgan fingerprint density at radius 2 is 0.875 bits per heavy atom. The van der Waals surface area contributed by atoms with Gasteiger partial charge in [-0.25, -0.2) is 0 Å². The maximum absolute atomic E-state index is 4.08. The highest BCUT2D eigenvalue weighted by atomic mass is 15.1. The lowest BCUT2D eigenvalue weighted by Crippen LogP contribution is -2.50. The molecule has 4 aliphatic rings. The second-order valence-electron chi connectivity index (χ2n) is 13.4. The van der Waals surface area contributed by atoms with E-state index in [4.69, 9.17) is 0 Å². The van der Waals surface area contributed by atoms with E-state index in [1.54, 1.807) is 0 Å². The molecule has 2 aliphatic carbocycles. The molecule has 2 saturated carbocycles. The first-order chi connectivity index (χ1) is 19.5. The largest absolute Gasteiger partial charge is 0.374 e. The van der Waals surface area contributed by atoms with Gasteiger partial charge < -0.3 is 10.6 Å². The summed E-state index contributed by atoms with van der Waals surface area (Å²) in [6.45, 7) is 5.04. The van der Waals surface area contributed by atoms with E-state index in [0.717, 1.165) is 0 Å². The smallest absolute Gasteiger partial charge is 0.0719 e. The van der Waals surface area contributed by atoms with Crippen molar-refractivity contribution in [2.24, 2.45) is 0 Å². The predicted molar refractivity (Wildman–Crippen MR) is 167 cm³/mol. The van der Waals surface area contributed by atoms with Crippen LogP contribution in [0.5, 0.6) is 0 Å². The monoisotopic (exact) mass is 524 g/mol. The molecule has 40 heavy (non-hydrogen) atoms. The molecule has 2 N–H and O–H groups in total. The lowest BCUT2D eigenvalue weighted by atomic mass is 9.58. The standard InChI is InChI=1S/C38H40N2/c1-35-21-9-11-23-37(35,29-13-5-3-6-14-29)39-33-19-17-27(25-31(33)35)28-18-20-34-32(26-28)36(2)22-10-12-24-38(36,40-34)30-15-7-4-8-16-30/h3-8,13-20,25-26,39-40H,9-12,21-24H2,1-2H3/t35-,36-,37+,38+/m0/s1. The van der Waals surface area contributed by atoms with Crippen molar-refractivity contribution in [2.75, 3.05) is 10.6 Å². The number of hydrogen-bond donors (Lipinski definition) is 2. The number of benzene rings is 4. The highest BCUT2D eigenvalue weighted by Gasteiger charge is 2.58. The van der Waals surface area contributed by atoms with Crippen molar-refractivity contribution in [3.8, 4) is 11.1 Å². The Hall–Kier alpha value is -3.52. The van der Waals surface area contributed by atoms with Crippen LogP contribution in [0.2, 0.25) is 0 Å². The molecule has 0 unspecified atom stereocenters. The van der Waals surface area contributed by atoms with Crippen LogP contribution in [0.1, 0.15) is 87.5 Å². The van der Waals surface area contributed by atoms with Gasteiger partial charge in [0.05, 0.1) is 11.1 Å². The molecule has 202 valence electrons. The molecular formula is C38H40N2. The van der Waals surface area contributed by atoms with Crippen LogP contribution in [-0.2, 0) is 21.9 Å². The van der Waals surface area contributed by atoms with Gasteiger partial charge in [0.25, 0.3) is 0 Å². The van der Waals surface area contributed by atoms with E-state index in [0.29, 0.717) is 0 Å². The van der Waals surface area contributed by atoms with Crippen molar-refractivity contribution in [3.63, 3.8) is 0 Å². The van der Waals surface area contributed by atoms with Crippen LogP contribution in [0.15, 0.2) is 97.1 Å². The van der Waals surface area contributed by atoms with Gasteiger partial charge in [-0.05, 0) is 83.3 Å². The number of nitrogens with one attached hydrogen (secondary N) is 2. The summed E-state index contributed by atoms with van der Waals surface area (Å²) < 4.78 is 0. The quantitative estimate of drug-likeness (QED) is 0.279. The van der Waals surface area contributed by atoms with Crippen molar-refractivity contribution >= 4 is 11.4 Å². The Kier molecular flexibility index (Phi) is 5.16. The van der Waals surface area contributed by atoms with Crippen LogP contribution in [0.25, 0.3) is 11.1 Å². The van der Waals surface area contributed by atoms with Gasteiger partial charge in [-0.15, -0.1) is 0 Å². The molecule has 4 aromatic carbocycles. The van der Waals surface area contributed by atoms with Gasteiger partial charge in [0.2, 0.25) is 0 Å². The zero-order chi connectivity index (χ0) is 27.0. The minimum absolute atomic E-state index is 0.0276. The maximum atomic E-state index is 4.08. The van der Waals surface area contributed by atoms with Crippen LogP contribution in [0.4, 0.5) is 11.4 Å². The van der Waals surface area contributed by atoms with Crippen LogP contribution in [-0.4, -0.2) is 0 Å². The topological polar surface area (TPSA) is 24.1 Å². The Balaban J connectivity index is 1.22. The molecule has 2 heteroatoms. The Labute approximate surface area is 239 Å². The van der Waals surface area contributed by atoms with E-state index in [-0.39, 0.29) is 21.9 Å². The lowest BCUT2D eigenvalue weighted by molar-refractivity contribution is 0.196. The Morgan fingerprint density at radius 3 is 1.30 bits per heavy atom. The third-order valence-corrected chi connectivity index (χ3v) is 11.6. The number of hydrogen-bond acceptors (Lipinski definition) is 2. The van der Waals surface area contributed by atoms with Crippen molar-refractivity contribution < 1.29 is 0 Å². The van der Waals surface area contributed by atoms with E-state index >= 15 is 0 Å². The average molecular weight is 525 g/mol. The molecule has 0 bridgehead atoms. The van der Waals surface area contributed by atoms with Crippen molar-refractivity contribution in [1.82, 2.24) is 0 Å². The average Bonchev–Trinajstić information content (AvgIpc) is 3.44. The summed E-state index contributed by atoms with van der Waals surface area (Å²) in [4.78, 5) is 0. The molecule has 0 spiro atoms. The van der Waals surface area contributed by atoms with Gasteiger partial charge in [-0.3, -0.25) is 0 Å². The molecule has 2 aliphatic heterocycles. The van der Waals surface area contributed by atoms with E-state index in [2.05, 4.69) is 122 Å². The van der Waals surface area contributed by atoms with Gasteiger partial charge in [0, 0.05) is 22.2 Å². The summed E-state index contributed by atoms with van der Waals surface area (Å²) >= 11 is 0. The van der Waals surface area contributed by atoms with E-state index in [1.165, 1.54) is 96.1 Å². The minimum Gasteiger partial charge on any atom is -0.374 e. The predicted octanol–water partition coefficient (Wildman–Crippen LogP) is 9.66. The fraction of sp³-hybridized carbons (Fsp3) is 0.368.